The van der Waals surface area contributed by atoms with Gasteiger partial charge in [0.2, 0.25) is 0 Å². The SMILES string of the molecule is C=C.C=C(Nc1ccc2[nH]nc(-c3ccc(F)cc3)c2c1)C(C)(CN(CC)CCN1CC=C(c2ccc(-c3ncccn3)cc2)CC1)SC. The van der Waals surface area contributed by atoms with E-state index in [0.717, 1.165) is 90.6 Å². The number of benzene rings is 3. The summed E-state index contributed by atoms with van der Waals surface area (Å²) >= 11 is 1.82. The van der Waals surface area contributed by atoms with Crippen LogP contribution in [0.2, 0.25) is 0 Å². The highest BCUT2D eigenvalue weighted by Crippen LogP contribution is 2.34. The Balaban J connectivity index is 0.00000230. The molecule has 3 heterocycles. The van der Waals surface area contributed by atoms with Gasteiger partial charge in [0.05, 0.1) is 16.0 Å². The van der Waals surface area contributed by atoms with Crippen molar-refractivity contribution in [2.75, 3.05) is 50.8 Å². The van der Waals surface area contributed by atoms with E-state index >= 15 is 0 Å². The molecule has 0 aliphatic carbocycles. The minimum atomic E-state index is -0.260. The summed E-state index contributed by atoms with van der Waals surface area (Å²) in [7, 11) is 0. The van der Waals surface area contributed by atoms with Gasteiger partial charge in [0.25, 0.3) is 0 Å². The molecule has 2 N–H and O–H groups in total. The second-order valence-electron chi connectivity index (χ2n) is 12.2. The van der Waals surface area contributed by atoms with Crippen molar-refractivity contribution in [3.05, 3.63) is 128 Å². The van der Waals surface area contributed by atoms with Gasteiger partial charge in [-0.15, -0.1) is 13.2 Å². The average molecular weight is 676 g/mol. The van der Waals surface area contributed by atoms with Gasteiger partial charge in [0.1, 0.15) is 5.82 Å². The van der Waals surface area contributed by atoms with E-state index in [1.165, 1.54) is 23.3 Å². The number of nitrogens with zero attached hydrogens (tertiary/aromatic N) is 5. The third-order valence-electron chi connectivity index (χ3n) is 9.14. The second-order valence-corrected chi connectivity index (χ2v) is 13.5. The molecular formula is C40H46FN7S. The number of fused-ring (bicyclic) bond motifs is 1. The van der Waals surface area contributed by atoms with Crippen molar-refractivity contribution < 1.29 is 4.39 Å². The van der Waals surface area contributed by atoms with E-state index in [9.17, 15) is 4.39 Å². The summed E-state index contributed by atoms with van der Waals surface area (Å²) in [5.74, 6) is 0.498. The summed E-state index contributed by atoms with van der Waals surface area (Å²) in [4.78, 5) is 13.8. The summed E-state index contributed by atoms with van der Waals surface area (Å²) in [6.45, 7) is 20.9. The van der Waals surface area contributed by atoms with Crippen molar-refractivity contribution in [2.45, 2.75) is 25.0 Å². The Bertz CT molecular complexity index is 1850. The fourth-order valence-electron chi connectivity index (χ4n) is 6.03. The van der Waals surface area contributed by atoms with E-state index in [4.69, 9.17) is 0 Å². The lowest BCUT2D eigenvalue weighted by Crippen LogP contribution is -2.44. The highest BCUT2D eigenvalue weighted by Gasteiger charge is 2.30. The van der Waals surface area contributed by atoms with Crippen molar-refractivity contribution in [2.24, 2.45) is 0 Å². The molecule has 6 rings (SSSR count). The maximum Gasteiger partial charge on any atom is 0.159 e. The quantitative estimate of drug-likeness (QED) is 0.121. The van der Waals surface area contributed by atoms with Crippen LogP contribution in [0.1, 0.15) is 25.8 Å². The largest absolute Gasteiger partial charge is 0.358 e. The van der Waals surface area contributed by atoms with E-state index < -0.39 is 0 Å². The topological polar surface area (TPSA) is 73.0 Å². The first kappa shape index (κ1) is 35.7. The Morgan fingerprint density at radius 1 is 1.02 bits per heavy atom. The average Bonchev–Trinajstić information content (AvgIpc) is 3.58. The molecular weight excluding hydrogens is 630 g/mol. The Labute approximate surface area is 294 Å². The number of nitrogens with one attached hydrogen (secondary N) is 2. The molecule has 2 aromatic heterocycles. The van der Waals surface area contributed by atoms with E-state index in [1.54, 1.807) is 24.5 Å². The Kier molecular flexibility index (Phi) is 12.2. The van der Waals surface area contributed by atoms with Crippen LogP contribution in [-0.4, -0.2) is 80.2 Å². The van der Waals surface area contributed by atoms with Gasteiger partial charge >= 0.3 is 0 Å². The van der Waals surface area contributed by atoms with E-state index in [2.05, 4.69) is 112 Å². The third kappa shape index (κ3) is 8.73. The fraction of sp³-hybridized carbons (Fsp3) is 0.275. The van der Waals surface area contributed by atoms with E-state index in [1.807, 2.05) is 30.0 Å². The maximum absolute atomic E-state index is 13.5. The first-order valence-corrected chi connectivity index (χ1v) is 17.8. The predicted octanol–water partition coefficient (Wildman–Crippen LogP) is 8.79. The Morgan fingerprint density at radius 2 is 1.71 bits per heavy atom. The van der Waals surface area contributed by atoms with Gasteiger partial charge < -0.3 is 10.2 Å². The number of aromatic amines is 1. The summed E-state index contributed by atoms with van der Waals surface area (Å²) in [6.07, 6.45) is 9.13. The van der Waals surface area contributed by atoms with Gasteiger partial charge in [-0.2, -0.15) is 16.9 Å². The van der Waals surface area contributed by atoms with Gasteiger partial charge in [-0.05, 0) is 85.8 Å². The minimum absolute atomic E-state index is 0.201. The van der Waals surface area contributed by atoms with Crippen molar-refractivity contribution in [3.63, 3.8) is 0 Å². The number of thioether (sulfide) groups is 1. The zero-order chi connectivity index (χ0) is 34.8. The maximum atomic E-state index is 13.5. The summed E-state index contributed by atoms with van der Waals surface area (Å²) in [5, 5.41) is 12.2. The molecule has 0 bridgehead atoms. The van der Waals surface area contributed by atoms with Crippen LogP contribution in [0.3, 0.4) is 0 Å². The van der Waals surface area contributed by atoms with Gasteiger partial charge in [-0.1, -0.05) is 43.8 Å². The van der Waals surface area contributed by atoms with Gasteiger partial charge in [-0.3, -0.25) is 10.00 Å². The number of rotatable bonds is 13. The van der Waals surface area contributed by atoms with Crippen LogP contribution in [0.4, 0.5) is 10.1 Å². The molecule has 0 saturated heterocycles. The molecule has 1 aliphatic rings. The summed E-state index contributed by atoms with van der Waals surface area (Å²) < 4.78 is 13.3. The molecule has 49 heavy (non-hydrogen) atoms. The Morgan fingerprint density at radius 3 is 2.37 bits per heavy atom. The second kappa shape index (κ2) is 16.7. The van der Waals surface area contributed by atoms with Crippen molar-refractivity contribution in [3.8, 4) is 22.6 Å². The Hall–Kier alpha value is -4.57. The number of H-pyrrole nitrogens is 1. The van der Waals surface area contributed by atoms with Gasteiger partial charge in [0.15, 0.2) is 5.82 Å². The molecule has 5 aromatic rings. The molecule has 0 spiro atoms. The molecule has 0 saturated carbocycles. The third-order valence-corrected chi connectivity index (χ3v) is 10.4. The molecule has 7 nitrogen and oxygen atoms in total. The summed E-state index contributed by atoms with van der Waals surface area (Å²) in [6, 6.07) is 23.0. The van der Waals surface area contributed by atoms with Crippen molar-refractivity contribution >= 4 is 33.9 Å². The fourth-order valence-corrected chi connectivity index (χ4v) is 6.63. The van der Waals surface area contributed by atoms with Crippen LogP contribution in [0.15, 0.2) is 117 Å². The number of halogens is 1. The van der Waals surface area contributed by atoms with Crippen molar-refractivity contribution in [1.29, 1.82) is 0 Å². The number of hydrogen-bond donors (Lipinski definition) is 2. The monoisotopic (exact) mass is 675 g/mol. The molecule has 3 aromatic carbocycles. The number of aromatic nitrogens is 4. The lowest BCUT2D eigenvalue weighted by Gasteiger charge is -2.37. The molecule has 0 radical (unpaired) electrons. The molecule has 0 fully saturated rings. The number of hydrogen-bond acceptors (Lipinski definition) is 7. The van der Waals surface area contributed by atoms with Gasteiger partial charge in [-0.25, -0.2) is 14.4 Å². The molecule has 0 amide bonds. The van der Waals surface area contributed by atoms with Gasteiger partial charge in [0, 0.05) is 73.0 Å². The first-order chi connectivity index (χ1) is 23.8. The van der Waals surface area contributed by atoms with E-state index in [0.29, 0.717) is 0 Å². The number of likely N-dealkylation sites (N-methyl/N-ethyl adjacent to an activating group) is 1. The smallest absolute Gasteiger partial charge is 0.159 e. The van der Waals surface area contributed by atoms with E-state index in [-0.39, 0.29) is 10.6 Å². The lowest BCUT2D eigenvalue weighted by atomic mass is 9.98. The standard InChI is InChI=1S/C38H42FN7S.C2H4/c1-5-45(23-24-46-21-17-29(18-22-46)28-7-9-31(10-8-28)37-40-19-6-20-41-37)26-38(3,47-4)27(2)42-33-15-16-35-34(25-33)36(44-43-35)30-11-13-32(39)14-12-30;1-2/h6-17,19-20,25,42H,2,5,18,21-24,26H2,1,3-4H3,(H,43,44);1-2H2. The van der Waals surface area contributed by atoms with Crippen molar-refractivity contribution in [1.82, 2.24) is 30.0 Å². The van der Waals surface area contributed by atoms with Crippen LogP contribution in [0.5, 0.6) is 0 Å². The lowest BCUT2D eigenvalue weighted by molar-refractivity contribution is 0.213. The van der Waals surface area contributed by atoms with Crippen LogP contribution in [0, 0.1) is 5.82 Å². The predicted molar refractivity (Wildman–Crippen MR) is 206 cm³/mol. The zero-order valence-electron chi connectivity index (χ0n) is 28.8. The molecule has 254 valence electrons. The van der Waals surface area contributed by atoms with Crippen LogP contribution in [0.25, 0.3) is 39.1 Å². The van der Waals surface area contributed by atoms with Crippen LogP contribution >= 0.6 is 11.8 Å². The first-order valence-electron chi connectivity index (χ1n) is 16.6. The normalized spacial score (nSPS) is 14.5. The summed E-state index contributed by atoms with van der Waals surface area (Å²) in [5.41, 5.74) is 8.24. The highest BCUT2D eigenvalue weighted by molar-refractivity contribution is 8.00. The van der Waals surface area contributed by atoms with Crippen LogP contribution < -0.4 is 5.32 Å². The molecule has 1 aliphatic heterocycles. The van der Waals surface area contributed by atoms with Crippen LogP contribution in [-0.2, 0) is 0 Å². The highest BCUT2D eigenvalue weighted by atomic mass is 32.2. The molecule has 9 heteroatoms. The zero-order valence-corrected chi connectivity index (χ0v) is 29.6. The molecule has 1 unspecified atom stereocenters. The number of anilines is 1. The minimum Gasteiger partial charge on any atom is -0.358 e. The molecule has 1 atom stereocenters.